The summed E-state index contributed by atoms with van der Waals surface area (Å²) >= 11 is 3.28. The number of fused-ring (bicyclic) bond motifs is 1. The van der Waals surface area contributed by atoms with Crippen LogP contribution in [0.1, 0.15) is 21.5 Å². The maximum Gasteiger partial charge on any atom is 0.258 e. The summed E-state index contributed by atoms with van der Waals surface area (Å²) in [6, 6.07) is 8.73. The third-order valence-electron chi connectivity index (χ3n) is 3.60. The Bertz CT molecular complexity index is 925. The number of aromatic hydroxyl groups is 1. The number of anilines is 1. The van der Waals surface area contributed by atoms with Crippen LogP contribution in [0.2, 0.25) is 0 Å². The predicted molar refractivity (Wildman–Crippen MR) is 92.8 cm³/mol. The van der Waals surface area contributed by atoms with Crippen molar-refractivity contribution in [2.75, 3.05) is 5.32 Å². The topological polar surface area (TPSA) is 75.1 Å². The first kappa shape index (κ1) is 15.4. The van der Waals surface area contributed by atoms with Crippen LogP contribution in [0, 0.1) is 13.8 Å². The van der Waals surface area contributed by atoms with Gasteiger partial charge in [0.15, 0.2) is 0 Å². The standard InChI is InChI=1S/C17H14BrN3O2/c1-9-7-15(22)20-14-6-10(2)13(8-12(9)14)21-17(23)11-4-3-5-19-16(11)18/h3-8H,1-2H3,(H,20,22)(H,21,23). The molecular formula is C17H14BrN3O2. The monoisotopic (exact) mass is 371 g/mol. The van der Waals surface area contributed by atoms with Crippen LogP contribution in [-0.4, -0.2) is 21.0 Å². The van der Waals surface area contributed by atoms with E-state index in [0.717, 1.165) is 16.5 Å². The Morgan fingerprint density at radius 3 is 2.74 bits per heavy atom. The number of pyridine rings is 2. The van der Waals surface area contributed by atoms with Gasteiger partial charge in [-0.1, -0.05) is 0 Å². The normalized spacial score (nSPS) is 10.7. The van der Waals surface area contributed by atoms with Crippen LogP contribution in [0.15, 0.2) is 41.1 Å². The van der Waals surface area contributed by atoms with E-state index in [4.69, 9.17) is 0 Å². The Morgan fingerprint density at radius 1 is 1.22 bits per heavy atom. The third-order valence-corrected chi connectivity index (χ3v) is 4.23. The quantitative estimate of drug-likeness (QED) is 0.668. The molecule has 3 aromatic rings. The zero-order valence-electron chi connectivity index (χ0n) is 12.6. The van der Waals surface area contributed by atoms with Crippen LogP contribution >= 0.6 is 15.9 Å². The molecule has 1 amide bonds. The summed E-state index contributed by atoms with van der Waals surface area (Å²) < 4.78 is 0.499. The second-order valence-corrected chi connectivity index (χ2v) is 6.03. The first-order chi connectivity index (χ1) is 11.0. The number of carbonyl (C=O) groups is 1. The van der Waals surface area contributed by atoms with Crippen molar-refractivity contribution in [1.29, 1.82) is 0 Å². The van der Waals surface area contributed by atoms with Gasteiger partial charge in [-0.15, -0.1) is 0 Å². The van der Waals surface area contributed by atoms with Crippen molar-refractivity contribution < 1.29 is 9.90 Å². The van der Waals surface area contributed by atoms with Crippen molar-refractivity contribution in [3.8, 4) is 5.88 Å². The fourth-order valence-electron chi connectivity index (χ4n) is 2.41. The van der Waals surface area contributed by atoms with Gasteiger partial charge in [0.05, 0.1) is 11.1 Å². The summed E-state index contributed by atoms with van der Waals surface area (Å²) in [6.07, 6.45) is 1.61. The number of amides is 1. The molecule has 2 aromatic heterocycles. The van der Waals surface area contributed by atoms with E-state index < -0.39 is 0 Å². The minimum atomic E-state index is -0.239. The van der Waals surface area contributed by atoms with Crippen molar-refractivity contribution in [3.63, 3.8) is 0 Å². The largest absolute Gasteiger partial charge is 0.493 e. The lowest BCUT2D eigenvalue weighted by Gasteiger charge is -2.12. The summed E-state index contributed by atoms with van der Waals surface area (Å²) in [5, 5.41) is 13.4. The van der Waals surface area contributed by atoms with E-state index in [-0.39, 0.29) is 11.8 Å². The summed E-state index contributed by atoms with van der Waals surface area (Å²) in [7, 11) is 0. The van der Waals surface area contributed by atoms with Crippen molar-refractivity contribution >= 4 is 38.4 Å². The molecule has 2 N–H and O–H groups in total. The van der Waals surface area contributed by atoms with Crippen LogP contribution in [0.3, 0.4) is 0 Å². The van der Waals surface area contributed by atoms with E-state index in [1.54, 1.807) is 24.4 Å². The third kappa shape index (κ3) is 3.03. The van der Waals surface area contributed by atoms with Gasteiger partial charge in [0, 0.05) is 23.3 Å². The van der Waals surface area contributed by atoms with Gasteiger partial charge in [0.1, 0.15) is 4.60 Å². The lowest BCUT2D eigenvalue weighted by molar-refractivity contribution is 0.102. The average molecular weight is 372 g/mol. The summed E-state index contributed by atoms with van der Waals surface area (Å²) in [5.41, 5.74) is 3.62. The van der Waals surface area contributed by atoms with E-state index in [0.29, 0.717) is 21.4 Å². The highest BCUT2D eigenvalue weighted by Gasteiger charge is 2.13. The maximum absolute atomic E-state index is 12.4. The molecule has 3 rings (SSSR count). The van der Waals surface area contributed by atoms with Gasteiger partial charge >= 0.3 is 0 Å². The lowest BCUT2D eigenvalue weighted by Crippen LogP contribution is -2.14. The van der Waals surface area contributed by atoms with Gasteiger partial charge in [-0.3, -0.25) is 4.79 Å². The molecular weight excluding hydrogens is 358 g/mol. The van der Waals surface area contributed by atoms with E-state index >= 15 is 0 Å². The molecule has 0 saturated heterocycles. The lowest BCUT2D eigenvalue weighted by atomic mass is 10.1. The molecule has 0 radical (unpaired) electrons. The second-order valence-electron chi connectivity index (χ2n) is 5.28. The smallest absolute Gasteiger partial charge is 0.258 e. The first-order valence-electron chi connectivity index (χ1n) is 6.98. The highest BCUT2D eigenvalue weighted by molar-refractivity contribution is 9.10. The average Bonchev–Trinajstić information content (AvgIpc) is 2.49. The summed E-state index contributed by atoms with van der Waals surface area (Å²) in [4.78, 5) is 20.6. The van der Waals surface area contributed by atoms with Crippen molar-refractivity contribution in [1.82, 2.24) is 9.97 Å². The molecule has 0 atom stereocenters. The van der Waals surface area contributed by atoms with Crippen LogP contribution in [-0.2, 0) is 0 Å². The number of nitrogens with zero attached hydrogens (tertiary/aromatic N) is 2. The molecule has 0 bridgehead atoms. The fraction of sp³-hybridized carbons (Fsp3) is 0.118. The second kappa shape index (κ2) is 5.96. The molecule has 0 spiro atoms. The van der Waals surface area contributed by atoms with Crippen LogP contribution in [0.5, 0.6) is 5.88 Å². The van der Waals surface area contributed by atoms with Gasteiger partial charge in [-0.2, -0.15) is 0 Å². The van der Waals surface area contributed by atoms with Gasteiger partial charge in [-0.25, -0.2) is 9.97 Å². The predicted octanol–water partition coefficient (Wildman–Crippen LogP) is 3.97. The molecule has 0 saturated carbocycles. The molecule has 0 unspecified atom stereocenters. The number of benzene rings is 1. The molecule has 0 aliphatic carbocycles. The van der Waals surface area contributed by atoms with Crippen molar-refractivity contribution in [3.05, 3.63) is 57.8 Å². The maximum atomic E-state index is 12.4. The Kier molecular flexibility index (Phi) is 4.00. The molecule has 23 heavy (non-hydrogen) atoms. The summed E-state index contributed by atoms with van der Waals surface area (Å²) in [5.74, 6) is -0.248. The number of hydrogen-bond acceptors (Lipinski definition) is 4. The highest BCUT2D eigenvalue weighted by atomic mass is 79.9. The Balaban J connectivity index is 2.02. The molecule has 2 heterocycles. The SMILES string of the molecule is Cc1cc2nc(O)cc(C)c2cc1NC(=O)c1cccnc1Br. The van der Waals surface area contributed by atoms with Gasteiger partial charge in [-0.05, 0) is 65.2 Å². The van der Waals surface area contributed by atoms with E-state index in [1.165, 1.54) is 0 Å². The van der Waals surface area contributed by atoms with Crippen LogP contribution < -0.4 is 5.32 Å². The number of halogens is 1. The molecule has 0 aliphatic heterocycles. The zero-order valence-corrected chi connectivity index (χ0v) is 14.2. The molecule has 0 fully saturated rings. The zero-order chi connectivity index (χ0) is 16.6. The van der Waals surface area contributed by atoms with Gasteiger partial charge in [0.2, 0.25) is 5.88 Å². The fourth-order valence-corrected chi connectivity index (χ4v) is 2.84. The number of rotatable bonds is 2. The molecule has 116 valence electrons. The number of carbonyl (C=O) groups excluding carboxylic acids is 1. The number of nitrogens with one attached hydrogen (secondary N) is 1. The molecule has 0 aliphatic rings. The first-order valence-corrected chi connectivity index (χ1v) is 7.78. The van der Waals surface area contributed by atoms with E-state index in [2.05, 4.69) is 31.2 Å². The molecule has 1 aromatic carbocycles. The number of aromatic nitrogens is 2. The highest BCUT2D eigenvalue weighted by Crippen LogP contribution is 2.27. The van der Waals surface area contributed by atoms with Crippen molar-refractivity contribution in [2.24, 2.45) is 0 Å². The molecule has 6 heteroatoms. The molecule has 5 nitrogen and oxygen atoms in total. The summed E-state index contributed by atoms with van der Waals surface area (Å²) in [6.45, 7) is 3.77. The number of hydrogen-bond donors (Lipinski definition) is 2. The van der Waals surface area contributed by atoms with Gasteiger partial charge < -0.3 is 10.4 Å². The minimum Gasteiger partial charge on any atom is -0.493 e. The van der Waals surface area contributed by atoms with E-state index in [9.17, 15) is 9.90 Å². The Hall–Kier alpha value is -2.47. The van der Waals surface area contributed by atoms with Crippen LogP contribution in [0.4, 0.5) is 5.69 Å². The van der Waals surface area contributed by atoms with Crippen LogP contribution in [0.25, 0.3) is 10.9 Å². The van der Waals surface area contributed by atoms with Crippen molar-refractivity contribution in [2.45, 2.75) is 13.8 Å². The number of aryl methyl sites for hydroxylation is 2. The Morgan fingerprint density at radius 2 is 2.00 bits per heavy atom. The van der Waals surface area contributed by atoms with E-state index in [1.807, 2.05) is 26.0 Å². The minimum absolute atomic E-state index is 0.00882. The Labute approximate surface area is 141 Å². The van der Waals surface area contributed by atoms with Gasteiger partial charge in [0.25, 0.3) is 5.91 Å².